The second kappa shape index (κ2) is 4.26. The van der Waals surface area contributed by atoms with Crippen LogP contribution in [0.25, 0.3) is 0 Å². The smallest absolute Gasteiger partial charge is 0.130 e. The molecule has 0 aliphatic heterocycles. The molecule has 14 heavy (non-hydrogen) atoms. The van der Waals surface area contributed by atoms with Crippen molar-refractivity contribution in [3.05, 3.63) is 6.20 Å². The van der Waals surface area contributed by atoms with Gasteiger partial charge in [-0.05, 0) is 18.3 Å². The van der Waals surface area contributed by atoms with Crippen LogP contribution in [0, 0.1) is 11.8 Å². The largest absolute Gasteiger partial charge is 0.371 e. The lowest BCUT2D eigenvalue weighted by Crippen LogP contribution is -2.34. The number of rotatable bonds is 2. The van der Waals surface area contributed by atoms with Crippen LogP contribution in [-0.4, -0.2) is 15.6 Å². The lowest BCUT2D eigenvalue weighted by Gasteiger charge is -2.34. The number of nitrogens with one attached hydrogen (secondary N) is 1. The average molecular weight is 211 g/mol. The number of hydrogen-bond acceptors (Lipinski definition) is 4. The van der Waals surface area contributed by atoms with Gasteiger partial charge in [-0.25, -0.2) is 0 Å². The molecule has 1 aliphatic carbocycles. The van der Waals surface area contributed by atoms with E-state index >= 15 is 0 Å². The van der Waals surface area contributed by atoms with Gasteiger partial charge < -0.3 is 5.32 Å². The van der Waals surface area contributed by atoms with E-state index in [9.17, 15) is 0 Å². The Kier molecular flexibility index (Phi) is 3.01. The summed E-state index contributed by atoms with van der Waals surface area (Å²) in [5.41, 5.74) is 0. The summed E-state index contributed by atoms with van der Waals surface area (Å²) in [6.45, 7) is 4.69. The predicted molar refractivity (Wildman–Crippen MR) is 59.5 cm³/mol. The monoisotopic (exact) mass is 211 g/mol. The minimum Gasteiger partial charge on any atom is -0.371 e. The molecule has 1 aromatic heterocycles. The van der Waals surface area contributed by atoms with Gasteiger partial charge in [-0.2, -0.15) is 0 Å². The molecule has 1 heterocycles. The maximum Gasteiger partial charge on any atom is 0.130 e. The molecule has 0 radical (unpaired) electrons. The molecule has 1 fully saturated rings. The molecule has 1 aliphatic rings. The zero-order chi connectivity index (χ0) is 9.97. The number of anilines is 1. The first-order valence-corrected chi connectivity index (χ1v) is 6.08. The molecule has 0 spiro atoms. The molecule has 1 saturated carbocycles. The van der Waals surface area contributed by atoms with Crippen LogP contribution in [0.1, 0.15) is 33.1 Å². The second-order valence-corrected chi connectivity index (χ2v) is 5.09. The van der Waals surface area contributed by atoms with Gasteiger partial charge in [0, 0.05) is 17.6 Å². The van der Waals surface area contributed by atoms with E-state index in [0.29, 0.717) is 6.04 Å². The minimum absolute atomic E-state index is 0.612. The molecule has 4 heteroatoms. The number of hydrogen-bond donors (Lipinski definition) is 1. The van der Waals surface area contributed by atoms with Crippen LogP contribution < -0.4 is 5.32 Å². The highest BCUT2D eigenvalue weighted by Crippen LogP contribution is 2.31. The molecule has 0 amide bonds. The van der Waals surface area contributed by atoms with Crippen LogP contribution in [0.4, 0.5) is 5.00 Å². The van der Waals surface area contributed by atoms with E-state index in [4.69, 9.17) is 0 Å². The highest BCUT2D eigenvalue weighted by molar-refractivity contribution is 7.09. The van der Waals surface area contributed by atoms with Crippen molar-refractivity contribution in [3.8, 4) is 0 Å². The van der Waals surface area contributed by atoms with Gasteiger partial charge in [-0.15, -0.1) is 5.10 Å². The summed E-state index contributed by atoms with van der Waals surface area (Å²) in [5.74, 6) is 1.59. The van der Waals surface area contributed by atoms with Crippen molar-refractivity contribution in [1.29, 1.82) is 0 Å². The van der Waals surface area contributed by atoms with Crippen LogP contribution in [0.2, 0.25) is 0 Å². The molecule has 0 saturated heterocycles. The van der Waals surface area contributed by atoms with Gasteiger partial charge in [0.1, 0.15) is 5.00 Å². The van der Waals surface area contributed by atoms with Gasteiger partial charge in [-0.3, -0.25) is 0 Å². The van der Waals surface area contributed by atoms with Crippen molar-refractivity contribution < 1.29 is 0 Å². The van der Waals surface area contributed by atoms with Gasteiger partial charge in [0.25, 0.3) is 0 Å². The molecule has 2 rings (SSSR count). The Balaban J connectivity index is 1.97. The van der Waals surface area contributed by atoms with Crippen molar-refractivity contribution in [2.45, 2.75) is 39.2 Å². The van der Waals surface area contributed by atoms with E-state index in [-0.39, 0.29) is 0 Å². The summed E-state index contributed by atoms with van der Waals surface area (Å²) in [5, 5.41) is 8.48. The summed E-state index contributed by atoms with van der Waals surface area (Å²) in [4.78, 5) is 0. The molecule has 1 aromatic rings. The second-order valence-electron chi connectivity index (χ2n) is 4.30. The molecule has 78 valence electrons. The zero-order valence-corrected chi connectivity index (χ0v) is 9.55. The Morgan fingerprint density at radius 3 is 3.00 bits per heavy atom. The van der Waals surface area contributed by atoms with Gasteiger partial charge in [-0.1, -0.05) is 31.2 Å². The van der Waals surface area contributed by atoms with Crippen LogP contribution in [0.3, 0.4) is 0 Å². The minimum atomic E-state index is 0.612. The Hall–Kier alpha value is -0.640. The van der Waals surface area contributed by atoms with Crippen molar-refractivity contribution >= 4 is 16.5 Å². The van der Waals surface area contributed by atoms with Gasteiger partial charge in [0.15, 0.2) is 0 Å². The molecule has 3 unspecified atom stereocenters. The fourth-order valence-corrected chi connectivity index (χ4v) is 2.68. The third-order valence-corrected chi connectivity index (χ3v) is 3.99. The average Bonchev–Trinajstić information content (AvgIpc) is 2.66. The maximum atomic E-state index is 3.86. The lowest BCUT2D eigenvalue weighted by atomic mass is 9.78. The first kappa shape index (κ1) is 9.90. The molecule has 0 aromatic carbocycles. The third-order valence-electron chi connectivity index (χ3n) is 3.40. The fraction of sp³-hybridized carbons (Fsp3) is 0.800. The van der Waals surface area contributed by atoms with Crippen molar-refractivity contribution in [2.24, 2.45) is 11.8 Å². The van der Waals surface area contributed by atoms with Gasteiger partial charge in [0.05, 0.1) is 6.20 Å². The molecule has 0 bridgehead atoms. The summed E-state index contributed by atoms with van der Waals surface area (Å²) in [7, 11) is 0. The highest BCUT2D eigenvalue weighted by Gasteiger charge is 2.27. The van der Waals surface area contributed by atoms with Crippen LogP contribution in [0.15, 0.2) is 6.20 Å². The van der Waals surface area contributed by atoms with Gasteiger partial charge in [0.2, 0.25) is 0 Å². The summed E-state index contributed by atoms with van der Waals surface area (Å²) in [6.07, 6.45) is 5.82. The Morgan fingerprint density at radius 1 is 1.43 bits per heavy atom. The maximum absolute atomic E-state index is 3.86. The van der Waals surface area contributed by atoms with Crippen LogP contribution in [-0.2, 0) is 0 Å². The molecule has 3 nitrogen and oxygen atoms in total. The van der Waals surface area contributed by atoms with Crippen LogP contribution >= 0.6 is 11.5 Å². The standard InChI is InChI=1S/C10H17N3S/c1-7-4-3-5-9(8(7)2)12-10-6-11-13-14-10/h6-9,12H,3-5H2,1-2H3. The van der Waals surface area contributed by atoms with Crippen molar-refractivity contribution in [3.63, 3.8) is 0 Å². The molecule has 3 atom stereocenters. The predicted octanol–water partition coefficient (Wildman–Crippen LogP) is 2.77. The van der Waals surface area contributed by atoms with E-state index in [0.717, 1.165) is 16.8 Å². The number of aromatic nitrogens is 2. The van der Waals surface area contributed by atoms with E-state index in [2.05, 4.69) is 28.8 Å². The normalized spacial score (nSPS) is 32.9. The number of nitrogens with zero attached hydrogens (tertiary/aromatic N) is 2. The van der Waals surface area contributed by atoms with E-state index in [1.807, 2.05) is 6.20 Å². The van der Waals surface area contributed by atoms with Crippen molar-refractivity contribution in [1.82, 2.24) is 9.59 Å². The lowest BCUT2D eigenvalue weighted by molar-refractivity contribution is 0.253. The summed E-state index contributed by atoms with van der Waals surface area (Å²) in [6, 6.07) is 0.612. The topological polar surface area (TPSA) is 37.8 Å². The third kappa shape index (κ3) is 2.05. The highest BCUT2D eigenvalue weighted by atomic mass is 32.1. The van der Waals surface area contributed by atoms with Crippen LogP contribution in [0.5, 0.6) is 0 Å². The zero-order valence-electron chi connectivity index (χ0n) is 8.73. The van der Waals surface area contributed by atoms with Crippen molar-refractivity contribution in [2.75, 3.05) is 5.32 Å². The Labute approximate surface area is 89.1 Å². The summed E-state index contributed by atoms with van der Waals surface area (Å²) < 4.78 is 3.86. The Bertz CT molecular complexity index is 273. The Morgan fingerprint density at radius 2 is 2.29 bits per heavy atom. The SMILES string of the molecule is CC1CCCC(Nc2cnns2)C1C. The van der Waals surface area contributed by atoms with E-state index in [1.54, 1.807) is 0 Å². The first-order valence-electron chi connectivity index (χ1n) is 5.31. The molecule has 1 N–H and O–H groups in total. The van der Waals surface area contributed by atoms with Gasteiger partial charge >= 0.3 is 0 Å². The fourth-order valence-electron chi connectivity index (χ4n) is 2.20. The van der Waals surface area contributed by atoms with E-state index in [1.165, 1.54) is 30.8 Å². The van der Waals surface area contributed by atoms with E-state index < -0.39 is 0 Å². The molecular weight excluding hydrogens is 194 g/mol. The first-order chi connectivity index (χ1) is 6.77. The summed E-state index contributed by atoms with van der Waals surface area (Å²) >= 11 is 1.45. The quantitative estimate of drug-likeness (QED) is 0.817. The molecular formula is C10H17N3S.